The smallest absolute Gasteiger partial charge is 0.260 e. The molecule has 0 saturated heterocycles. The molecule has 20 heavy (non-hydrogen) atoms. The quantitative estimate of drug-likeness (QED) is 0.663. The standard InChI is InChI=1S/C15H16N2O3/c1-17(10-4-3-5-12(8-10)20-2)15(19)13-9-11(18)6-7-14(13)16/h3-9,18H,16H2,1-2H3. The number of aromatic hydroxyl groups is 1. The molecule has 0 bridgehead atoms. The molecular weight excluding hydrogens is 256 g/mol. The summed E-state index contributed by atoms with van der Waals surface area (Å²) in [4.78, 5) is 13.9. The molecular formula is C15H16N2O3. The van der Waals surface area contributed by atoms with Gasteiger partial charge in [0.2, 0.25) is 0 Å². The van der Waals surface area contributed by atoms with E-state index in [1.54, 1.807) is 38.4 Å². The topological polar surface area (TPSA) is 75.8 Å². The van der Waals surface area contributed by atoms with Gasteiger partial charge in [-0.25, -0.2) is 0 Å². The molecule has 5 heteroatoms. The van der Waals surface area contributed by atoms with Crippen LogP contribution in [0, 0.1) is 0 Å². The van der Waals surface area contributed by atoms with E-state index >= 15 is 0 Å². The maximum absolute atomic E-state index is 12.4. The number of anilines is 2. The Kier molecular flexibility index (Phi) is 3.79. The Morgan fingerprint density at radius 1 is 1.25 bits per heavy atom. The van der Waals surface area contributed by atoms with Gasteiger partial charge >= 0.3 is 0 Å². The largest absolute Gasteiger partial charge is 0.508 e. The fourth-order valence-electron chi connectivity index (χ4n) is 1.85. The number of benzene rings is 2. The molecule has 0 atom stereocenters. The number of hydrogen-bond acceptors (Lipinski definition) is 4. The van der Waals surface area contributed by atoms with E-state index in [2.05, 4.69) is 0 Å². The molecule has 0 heterocycles. The molecule has 2 aromatic carbocycles. The molecule has 0 aliphatic rings. The van der Waals surface area contributed by atoms with Gasteiger partial charge in [-0.2, -0.15) is 0 Å². The van der Waals surface area contributed by atoms with Crippen molar-refractivity contribution >= 4 is 17.3 Å². The third kappa shape index (κ3) is 2.66. The van der Waals surface area contributed by atoms with Crippen LogP contribution < -0.4 is 15.4 Å². The summed E-state index contributed by atoms with van der Waals surface area (Å²) in [5.74, 6) is 0.360. The molecule has 104 valence electrons. The predicted molar refractivity (Wildman–Crippen MR) is 78.2 cm³/mol. The Morgan fingerprint density at radius 2 is 2.00 bits per heavy atom. The summed E-state index contributed by atoms with van der Waals surface area (Å²) in [7, 11) is 3.20. The van der Waals surface area contributed by atoms with E-state index in [0.717, 1.165) is 0 Å². The van der Waals surface area contributed by atoms with Crippen LogP contribution in [0.25, 0.3) is 0 Å². The minimum atomic E-state index is -0.299. The van der Waals surface area contributed by atoms with Crippen molar-refractivity contribution < 1.29 is 14.6 Å². The van der Waals surface area contributed by atoms with Gasteiger partial charge in [0.05, 0.1) is 12.7 Å². The lowest BCUT2D eigenvalue weighted by Crippen LogP contribution is -2.27. The number of nitrogens with two attached hydrogens (primary N) is 1. The van der Waals surface area contributed by atoms with Gasteiger partial charge in [0.1, 0.15) is 11.5 Å². The van der Waals surface area contributed by atoms with Crippen LogP contribution in [0.4, 0.5) is 11.4 Å². The molecule has 0 saturated carbocycles. The third-order valence-corrected chi connectivity index (χ3v) is 3.01. The van der Waals surface area contributed by atoms with Crippen molar-refractivity contribution in [3.8, 4) is 11.5 Å². The van der Waals surface area contributed by atoms with Gasteiger partial charge in [-0.15, -0.1) is 0 Å². The predicted octanol–water partition coefficient (Wildman–Crippen LogP) is 2.26. The second kappa shape index (κ2) is 5.52. The molecule has 2 aromatic rings. The molecule has 0 radical (unpaired) electrons. The zero-order chi connectivity index (χ0) is 14.7. The van der Waals surface area contributed by atoms with Crippen molar-refractivity contribution in [3.63, 3.8) is 0 Å². The first-order valence-electron chi connectivity index (χ1n) is 6.03. The summed E-state index contributed by atoms with van der Waals surface area (Å²) in [6.45, 7) is 0. The lowest BCUT2D eigenvalue weighted by Gasteiger charge is -2.19. The van der Waals surface area contributed by atoms with Crippen molar-refractivity contribution in [1.29, 1.82) is 0 Å². The highest BCUT2D eigenvalue weighted by molar-refractivity contribution is 6.09. The molecule has 0 aliphatic carbocycles. The Balaban J connectivity index is 2.34. The van der Waals surface area contributed by atoms with E-state index in [0.29, 0.717) is 17.1 Å². The summed E-state index contributed by atoms with van der Waals surface area (Å²) < 4.78 is 5.13. The Morgan fingerprint density at radius 3 is 2.70 bits per heavy atom. The van der Waals surface area contributed by atoms with Crippen LogP contribution in [0.15, 0.2) is 42.5 Å². The van der Waals surface area contributed by atoms with Crippen LogP contribution in [0.2, 0.25) is 0 Å². The molecule has 0 aromatic heterocycles. The first kappa shape index (κ1) is 13.7. The molecule has 1 amide bonds. The van der Waals surface area contributed by atoms with Crippen LogP contribution >= 0.6 is 0 Å². The molecule has 5 nitrogen and oxygen atoms in total. The Hall–Kier alpha value is -2.69. The van der Waals surface area contributed by atoms with Crippen LogP contribution in [0.3, 0.4) is 0 Å². The van der Waals surface area contributed by atoms with Gasteiger partial charge in [-0.1, -0.05) is 6.07 Å². The number of nitrogen functional groups attached to an aromatic ring is 1. The first-order chi connectivity index (χ1) is 9.52. The van der Waals surface area contributed by atoms with E-state index in [-0.39, 0.29) is 17.2 Å². The second-order valence-electron chi connectivity index (χ2n) is 4.34. The number of carbonyl (C=O) groups is 1. The Bertz CT molecular complexity index is 641. The van der Waals surface area contributed by atoms with Gasteiger partial charge in [0.15, 0.2) is 0 Å². The third-order valence-electron chi connectivity index (χ3n) is 3.01. The highest BCUT2D eigenvalue weighted by Crippen LogP contribution is 2.24. The van der Waals surface area contributed by atoms with Crippen molar-refractivity contribution in [2.75, 3.05) is 24.8 Å². The Labute approximate surface area is 117 Å². The number of ether oxygens (including phenoxy) is 1. The minimum Gasteiger partial charge on any atom is -0.508 e. The van der Waals surface area contributed by atoms with Gasteiger partial charge < -0.3 is 20.5 Å². The van der Waals surface area contributed by atoms with E-state index in [9.17, 15) is 9.90 Å². The highest BCUT2D eigenvalue weighted by atomic mass is 16.5. The number of amides is 1. The number of rotatable bonds is 3. The molecule has 0 spiro atoms. The fourth-order valence-corrected chi connectivity index (χ4v) is 1.85. The molecule has 0 fully saturated rings. The van der Waals surface area contributed by atoms with Crippen molar-refractivity contribution in [3.05, 3.63) is 48.0 Å². The zero-order valence-corrected chi connectivity index (χ0v) is 11.3. The lowest BCUT2D eigenvalue weighted by molar-refractivity contribution is 0.0993. The van der Waals surface area contributed by atoms with E-state index < -0.39 is 0 Å². The highest BCUT2D eigenvalue weighted by Gasteiger charge is 2.17. The summed E-state index contributed by atoms with van der Waals surface area (Å²) in [5, 5.41) is 9.47. The SMILES string of the molecule is COc1cccc(N(C)C(=O)c2cc(O)ccc2N)c1. The number of carbonyl (C=O) groups excluding carboxylic acids is 1. The van der Waals surface area contributed by atoms with Gasteiger partial charge in [-0.3, -0.25) is 4.79 Å². The lowest BCUT2D eigenvalue weighted by atomic mass is 10.1. The van der Waals surface area contributed by atoms with E-state index in [1.807, 2.05) is 0 Å². The average Bonchev–Trinajstić information content (AvgIpc) is 2.48. The molecule has 0 unspecified atom stereocenters. The van der Waals surface area contributed by atoms with Crippen LogP contribution in [-0.2, 0) is 0 Å². The number of methoxy groups -OCH3 is 1. The summed E-state index contributed by atoms with van der Waals surface area (Å²) >= 11 is 0. The minimum absolute atomic E-state index is 0.00147. The fraction of sp³-hybridized carbons (Fsp3) is 0.133. The zero-order valence-electron chi connectivity index (χ0n) is 11.3. The van der Waals surface area contributed by atoms with Crippen LogP contribution in [0.1, 0.15) is 10.4 Å². The first-order valence-corrected chi connectivity index (χ1v) is 6.03. The van der Waals surface area contributed by atoms with Gasteiger partial charge in [0, 0.05) is 24.5 Å². The van der Waals surface area contributed by atoms with Gasteiger partial charge in [-0.05, 0) is 30.3 Å². The van der Waals surface area contributed by atoms with Crippen LogP contribution in [0.5, 0.6) is 11.5 Å². The monoisotopic (exact) mass is 272 g/mol. The number of phenols is 1. The van der Waals surface area contributed by atoms with Crippen molar-refractivity contribution in [2.24, 2.45) is 0 Å². The maximum Gasteiger partial charge on any atom is 0.260 e. The van der Waals surface area contributed by atoms with Crippen molar-refractivity contribution in [2.45, 2.75) is 0 Å². The van der Waals surface area contributed by atoms with Crippen molar-refractivity contribution in [1.82, 2.24) is 0 Å². The molecule has 3 N–H and O–H groups in total. The molecule has 0 aliphatic heterocycles. The van der Waals surface area contributed by atoms with Crippen LogP contribution in [-0.4, -0.2) is 25.2 Å². The van der Waals surface area contributed by atoms with Gasteiger partial charge in [0.25, 0.3) is 5.91 Å². The maximum atomic E-state index is 12.4. The normalized spacial score (nSPS) is 10.1. The number of phenolic OH excluding ortho intramolecular Hbond substituents is 1. The summed E-state index contributed by atoms with van der Waals surface area (Å²) in [6.07, 6.45) is 0. The number of hydrogen-bond donors (Lipinski definition) is 2. The summed E-state index contributed by atoms with van der Waals surface area (Å²) in [6, 6.07) is 11.4. The average molecular weight is 272 g/mol. The molecule has 2 rings (SSSR count). The van der Waals surface area contributed by atoms with E-state index in [1.165, 1.54) is 23.1 Å². The summed E-state index contributed by atoms with van der Waals surface area (Å²) in [5.41, 5.74) is 7.04. The second-order valence-corrected chi connectivity index (χ2v) is 4.34. The van der Waals surface area contributed by atoms with E-state index in [4.69, 9.17) is 10.5 Å². The number of nitrogens with zero attached hydrogens (tertiary/aromatic N) is 1.